The molecule has 0 bridgehead atoms. The second-order valence-electron chi connectivity index (χ2n) is 6.62. The van der Waals surface area contributed by atoms with Crippen molar-refractivity contribution in [1.82, 2.24) is 9.62 Å². The van der Waals surface area contributed by atoms with Crippen LogP contribution < -0.4 is 5.32 Å². The van der Waals surface area contributed by atoms with Gasteiger partial charge in [0.15, 0.2) is 0 Å². The second kappa shape index (κ2) is 9.15. The Bertz CT molecular complexity index is 880. The maximum atomic E-state index is 12.9. The summed E-state index contributed by atoms with van der Waals surface area (Å²) in [5.41, 5.74) is 4.10. The number of likely N-dealkylation sites (N-methyl/N-ethyl adjacent to an activating group) is 1. The highest BCUT2D eigenvalue weighted by molar-refractivity contribution is 7.88. The average molecular weight is 389 g/mol. The Morgan fingerprint density at radius 2 is 1.70 bits per heavy atom. The summed E-state index contributed by atoms with van der Waals surface area (Å²) >= 11 is 0. The number of hydrogen-bond donors (Lipinski definition) is 1. The van der Waals surface area contributed by atoms with Crippen LogP contribution in [0.4, 0.5) is 0 Å². The molecule has 0 aromatic heterocycles. The standard InChI is InChI=1S/C21H28N2O3S/c1-5-16-12-13-17(6-2)19(14-16)15-22-21(24)20(23(3)27(4,25)26)18-10-8-7-9-11-18/h7-14,20H,5-6,15H2,1-4H3,(H,22,24). The van der Waals surface area contributed by atoms with Crippen molar-refractivity contribution < 1.29 is 13.2 Å². The third kappa shape index (κ3) is 5.40. The zero-order valence-electron chi connectivity index (χ0n) is 16.4. The molecule has 0 aliphatic carbocycles. The molecule has 0 aliphatic rings. The zero-order valence-corrected chi connectivity index (χ0v) is 17.2. The van der Waals surface area contributed by atoms with E-state index in [2.05, 4.69) is 37.4 Å². The number of nitrogens with zero attached hydrogens (tertiary/aromatic N) is 1. The second-order valence-corrected chi connectivity index (χ2v) is 8.66. The predicted octanol–water partition coefficient (Wildman–Crippen LogP) is 3.06. The van der Waals surface area contributed by atoms with Gasteiger partial charge in [0.25, 0.3) is 0 Å². The van der Waals surface area contributed by atoms with Gasteiger partial charge in [0.2, 0.25) is 15.9 Å². The SMILES string of the molecule is CCc1ccc(CC)c(CNC(=O)C(c2ccccc2)N(C)S(C)(=O)=O)c1. The van der Waals surface area contributed by atoms with Crippen molar-refractivity contribution in [1.29, 1.82) is 0 Å². The Morgan fingerprint density at radius 3 is 2.26 bits per heavy atom. The van der Waals surface area contributed by atoms with Crippen LogP contribution in [-0.2, 0) is 34.2 Å². The minimum Gasteiger partial charge on any atom is -0.350 e. The molecular formula is C21H28N2O3S. The molecule has 1 atom stereocenters. The molecule has 1 unspecified atom stereocenters. The fourth-order valence-electron chi connectivity index (χ4n) is 3.04. The van der Waals surface area contributed by atoms with Crippen LogP contribution >= 0.6 is 0 Å². The lowest BCUT2D eigenvalue weighted by atomic mass is 10.0. The summed E-state index contributed by atoms with van der Waals surface area (Å²) in [5.74, 6) is -0.335. The van der Waals surface area contributed by atoms with Gasteiger partial charge in [-0.25, -0.2) is 8.42 Å². The highest BCUT2D eigenvalue weighted by atomic mass is 32.2. The van der Waals surface area contributed by atoms with Crippen molar-refractivity contribution >= 4 is 15.9 Å². The monoisotopic (exact) mass is 388 g/mol. The van der Waals surface area contributed by atoms with Gasteiger partial charge in [-0.1, -0.05) is 62.4 Å². The number of carbonyl (C=O) groups is 1. The van der Waals surface area contributed by atoms with Gasteiger partial charge in [-0.15, -0.1) is 0 Å². The third-order valence-corrected chi connectivity index (χ3v) is 6.02. The van der Waals surface area contributed by atoms with Gasteiger partial charge in [-0.3, -0.25) is 4.79 Å². The van der Waals surface area contributed by atoms with E-state index in [1.54, 1.807) is 24.3 Å². The Morgan fingerprint density at radius 1 is 1.04 bits per heavy atom. The van der Waals surface area contributed by atoms with Crippen molar-refractivity contribution in [2.45, 2.75) is 39.3 Å². The van der Waals surface area contributed by atoms with Crippen LogP contribution in [0.5, 0.6) is 0 Å². The lowest BCUT2D eigenvalue weighted by molar-refractivity contribution is -0.125. The van der Waals surface area contributed by atoms with E-state index < -0.39 is 16.1 Å². The minimum absolute atomic E-state index is 0.335. The molecular weight excluding hydrogens is 360 g/mol. The average Bonchev–Trinajstić information content (AvgIpc) is 2.66. The number of benzene rings is 2. The fraction of sp³-hybridized carbons (Fsp3) is 0.381. The Labute approximate surface area is 162 Å². The van der Waals surface area contributed by atoms with Gasteiger partial charge in [-0.2, -0.15) is 4.31 Å². The fourth-order valence-corrected chi connectivity index (χ4v) is 3.64. The Balaban J connectivity index is 2.27. The van der Waals surface area contributed by atoms with Gasteiger partial charge < -0.3 is 5.32 Å². The number of aryl methyl sites for hydroxylation is 2. The number of sulfonamides is 1. The van der Waals surface area contributed by atoms with Crippen molar-refractivity contribution in [2.75, 3.05) is 13.3 Å². The first-order chi connectivity index (χ1) is 12.8. The van der Waals surface area contributed by atoms with Crippen molar-refractivity contribution in [3.05, 3.63) is 70.8 Å². The van der Waals surface area contributed by atoms with E-state index in [1.807, 2.05) is 6.07 Å². The first kappa shape index (κ1) is 21.1. The maximum Gasteiger partial charge on any atom is 0.243 e. The van der Waals surface area contributed by atoms with E-state index >= 15 is 0 Å². The molecule has 146 valence electrons. The molecule has 1 amide bonds. The molecule has 0 saturated carbocycles. The van der Waals surface area contributed by atoms with E-state index in [0.717, 1.165) is 29.0 Å². The van der Waals surface area contributed by atoms with E-state index in [-0.39, 0.29) is 5.91 Å². The van der Waals surface area contributed by atoms with Crippen molar-refractivity contribution in [2.24, 2.45) is 0 Å². The molecule has 0 radical (unpaired) electrons. The van der Waals surface area contributed by atoms with Crippen LogP contribution in [0, 0.1) is 0 Å². The molecule has 5 nitrogen and oxygen atoms in total. The molecule has 0 aliphatic heterocycles. The van der Waals surface area contributed by atoms with Crippen LogP contribution in [-0.4, -0.2) is 31.9 Å². The highest BCUT2D eigenvalue weighted by Crippen LogP contribution is 2.22. The van der Waals surface area contributed by atoms with E-state index in [0.29, 0.717) is 12.1 Å². The molecule has 0 heterocycles. The quantitative estimate of drug-likeness (QED) is 0.756. The molecule has 0 fully saturated rings. The molecule has 6 heteroatoms. The van der Waals surface area contributed by atoms with E-state index in [9.17, 15) is 13.2 Å². The summed E-state index contributed by atoms with van der Waals surface area (Å²) in [7, 11) is -2.10. The van der Waals surface area contributed by atoms with Crippen molar-refractivity contribution in [3.63, 3.8) is 0 Å². The van der Waals surface area contributed by atoms with Gasteiger partial charge in [0, 0.05) is 13.6 Å². The van der Waals surface area contributed by atoms with Crippen LogP contribution in [0.3, 0.4) is 0 Å². The van der Waals surface area contributed by atoms with Crippen LogP contribution in [0.1, 0.15) is 42.1 Å². The van der Waals surface area contributed by atoms with E-state index in [4.69, 9.17) is 0 Å². The number of hydrogen-bond acceptors (Lipinski definition) is 3. The summed E-state index contributed by atoms with van der Waals surface area (Å²) in [6.45, 7) is 4.54. The number of amides is 1. The Hall–Kier alpha value is -2.18. The number of carbonyl (C=O) groups excluding carboxylic acids is 1. The normalized spacial score (nSPS) is 12.8. The molecule has 27 heavy (non-hydrogen) atoms. The van der Waals surface area contributed by atoms with Crippen molar-refractivity contribution in [3.8, 4) is 0 Å². The Kier molecular flexibility index (Phi) is 7.16. The highest BCUT2D eigenvalue weighted by Gasteiger charge is 2.30. The summed E-state index contributed by atoms with van der Waals surface area (Å²) in [6, 6.07) is 14.4. The van der Waals surface area contributed by atoms with Crippen LogP contribution in [0.25, 0.3) is 0 Å². The summed E-state index contributed by atoms with van der Waals surface area (Å²) < 4.78 is 25.2. The van der Waals surface area contributed by atoms with E-state index in [1.165, 1.54) is 18.2 Å². The summed E-state index contributed by atoms with van der Waals surface area (Å²) in [4.78, 5) is 12.9. The molecule has 0 spiro atoms. The van der Waals surface area contributed by atoms with Gasteiger partial charge >= 0.3 is 0 Å². The summed E-state index contributed by atoms with van der Waals surface area (Å²) in [6.07, 6.45) is 2.91. The van der Waals surface area contributed by atoms with Crippen LogP contribution in [0.2, 0.25) is 0 Å². The zero-order chi connectivity index (χ0) is 20.0. The molecule has 2 aromatic rings. The lowest BCUT2D eigenvalue weighted by Gasteiger charge is -2.26. The van der Waals surface area contributed by atoms with Crippen LogP contribution in [0.15, 0.2) is 48.5 Å². The molecule has 2 aromatic carbocycles. The maximum absolute atomic E-state index is 12.9. The van der Waals surface area contributed by atoms with Gasteiger partial charge in [0.1, 0.15) is 6.04 Å². The largest absolute Gasteiger partial charge is 0.350 e. The predicted molar refractivity (Wildman–Crippen MR) is 109 cm³/mol. The minimum atomic E-state index is -3.53. The summed E-state index contributed by atoms with van der Waals surface area (Å²) in [5, 5.41) is 2.93. The number of rotatable bonds is 8. The topological polar surface area (TPSA) is 66.5 Å². The molecule has 0 saturated heterocycles. The first-order valence-electron chi connectivity index (χ1n) is 9.14. The third-order valence-electron chi connectivity index (χ3n) is 4.76. The smallest absolute Gasteiger partial charge is 0.243 e. The number of nitrogens with one attached hydrogen (secondary N) is 1. The lowest BCUT2D eigenvalue weighted by Crippen LogP contribution is -2.41. The first-order valence-corrected chi connectivity index (χ1v) is 11.0. The molecule has 2 rings (SSSR count). The van der Waals surface area contributed by atoms with Gasteiger partial charge in [0.05, 0.1) is 6.26 Å². The van der Waals surface area contributed by atoms with Gasteiger partial charge in [-0.05, 0) is 35.1 Å². The molecule has 1 N–H and O–H groups in total.